The molecule has 0 N–H and O–H groups in total. The van der Waals surface area contributed by atoms with Gasteiger partial charge in [-0.05, 0) is 34.0 Å². The minimum atomic E-state index is 0.0894. The Morgan fingerprint density at radius 3 is 2.57 bits per heavy atom. The predicted octanol–water partition coefficient (Wildman–Crippen LogP) is 2.98. The Balaban J connectivity index is 1.40. The maximum absolute atomic E-state index is 12.6. The number of carbonyl (C=O) groups is 2. The number of nitrogens with zero attached hydrogens (tertiary/aromatic N) is 3. The molecule has 28 heavy (non-hydrogen) atoms. The van der Waals surface area contributed by atoms with Crippen LogP contribution in [-0.4, -0.2) is 45.8 Å². The van der Waals surface area contributed by atoms with Crippen LogP contribution < -0.4 is 0 Å². The summed E-state index contributed by atoms with van der Waals surface area (Å²) in [5, 5.41) is 2.38. The Bertz CT molecular complexity index is 1010. The Hall–Kier alpha value is -3.08. The second-order valence-corrected chi connectivity index (χ2v) is 7.49. The number of hydrogen-bond acceptors (Lipinski definition) is 2. The zero-order valence-electron chi connectivity index (χ0n) is 16.2. The third kappa shape index (κ3) is 4.09. The largest absolute Gasteiger partial charge is 0.357 e. The molecule has 0 atom stereocenters. The van der Waals surface area contributed by atoms with Crippen molar-refractivity contribution in [1.29, 1.82) is 0 Å². The van der Waals surface area contributed by atoms with Gasteiger partial charge in [-0.1, -0.05) is 36.4 Å². The lowest BCUT2D eigenvalue weighted by Crippen LogP contribution is -2.36. The van der Waals surface area contributed by atoms with Crippen LogP contribution in [0.2, 0.25) is 0 Å². The van der Waals surface area contributed by atoms with Crippen molar-refractivity contribution in [2.75, 3.05) is 19.6 Å². The number of benzene rings is 2. The van der Waals surface area contributed by atoms with Crippen molar-refractivity contribution in [2.45, 2.75) is 19.4 Å². The Kier molecular flexibility index (Phi) is 5.15. The van der Waals surface area contributed by atoms with E-state index in [0.29, 0.717) is 39.0 Å². The smallest absolute Gasteiger partial charge is 0.227 e. The van der Waals surface area contributed by atoms with Crippen LogP contribution in [-0.2, 0) is 29.6 Å². The number of rotatable bonds is 4. The van der Waals surface area contributed by atoms with Crippen LogP contribution in [0, 0.1) is 0 Å². The average molecular weight is 375 g/mol. The molecule has 1 aromatic heterocycles. The summed E-state index contributed by atoms with van der Waals surface area (Å²) in [5.41, 5.74) is 2.13. The summed E-state index contributed by atoms with van der Waals surface area (Å²) >= 11 is 0. The monoisotopic (exact) mass is 375 g/mol. The van der Waals surface area contributed by atoms with Crippen molar-refractivity contribution in [3.05, 3.63) is 72.1 Å². The summed E-state index contributed by atoms with van der Waals surface area (Å²) in [4.78, 5) is 28.9. The molecular weight excluding hydrogens is 350 g/mol. The van der Waals surface area contributed by atoms with Gasteiger partial charge in [-0.3, -0.25) is 9.59 Å². The van der Waals surface area contributed by atoms with E-state index < -0.39 is 0 Å². The van der Waals surface area contributed by atoms with E-state index in [0.717, 1.165) is 11.1 Å². The molecule has 5 nitrogen and oxygen atoms in total. The molecule has 2 heterocycles. The molecular formula is C23H25N3O2. The molecule has 0 unspecified atom stereocenters. The number of aromatic nitrogens is 1. The number of aryl methyl sites for hydroxylation is 1. The Morgan fingerprint density at radius 2 is 1.79 bits per heavy atom. The van der Waals surface area contributed by atoms with E-state index in [-0.39, 0.29) is 11.8 Å². The quantitative estimate of drug-likeness (QED) is 0.704. The topological polar surface area (TPSA) is 45.6 Å². The fourth-order valence-corrected chi connectivity index (χ4v) is 3.79. The van der Waals surface area contributed by atoms with Crippen molar-refractivity contribution in [3.8, 4) is 0 Å². The molecule has 1 aliphatic rings. The summed E-state index contributed by atoms with van der Waals surface area (Å²) in [6.45, 7) is 2.25. The number of hydrogen-bond donors (Lipinski definition) is 0. The first kappa shape index (κ1) is 18.3. The van der Waals surface area contributed by atoms with E-state index in [1.54, 1.807) is 0 Å². The van der Waals surface area contributed by atoms with Crippen molar-refractivity contribution in [3.63, 3.8) is 0 Å². The molecule has 0 spiro atoms. The molecule has 3 aromatic rings. The van der Waals surface area contributed by atoms with Crippen molar-refractivity contribution in [2.24, 2.45) is 7.05 Å². The maximum atomic E-state index is 12.6. The number of amides is 2. The highest BCUT2D eigenvalue weighted by molar-refractivity contribution is 5.84. The number of carbonyl (C=O) groups excluding carboxylic acids is 2. The fourth-order valence-electron chi connectivity index (χ4n) is 3.79. The second-order valence-electron chi connectivity index (χ2n) is 7.49. The lowest BCUT2D eigenvalue weighted by Gasteiger charge is -2.22. The second kappa shape index (κ2) is 7.89. The zero-order chi connectivity index (χ0) is 19.5. The van der Waals surface area contributed by atoms with Gasteiger partial charge in [0, 0.05) is 52.0 Å². The van der Waals surface area contributed by atoms with Gasteiger partial charge < -0.3 is 14.4 Å². The average Bonchev–Trinajstić information content (AvgIpc) is 3.01. The molecule has 2 aromatic carbocycles. The van der Waals surface area contributed by atoms with Gasteiger partial charge in [0.25, 0.3) is 0 Å². The highest BCUT2D eigenvalue weighted by Crippen LogP contribution is 2.18. The van der Waals surface area contributed by atoms with Gasteiger partial charge in [0.15, 0.2) is 0 Å². The first-order chi connectivity index (χ1) is 13.6. The molecule has 0 aliphatic carbocycles. The highest BCUT2D eigenvalue weighted by Gasteiger charge is 2.24. The molecule has 1 saturated heterocycles. The van der Waals surface area contributed by atoms with Crippen molar-refractivity contribution >= 4 is 22.6 Å². The fraction of sp³-hybridized carbons (Fsp3) is 0.304. The Labute approximate surface area is 165 Å². The van der Waals surface area contributed by atoms with Gasteiger partial charge in [0.05, 0.1) is 6.42 Å². The van der Waals surface area contributed by atoms with Gasteiger partial charge in [-0.25, -0.2) is 0 Å². The highest BCUT2D eigenvalue weighted by atomic mass is 16.2. The first-order valence-electron chi connectivity index (χ1n) is 9.72. The summed E-state index contributed by atoms with van der Waals surface area (Å²) < 4.78 is 1.94. The van der Waals surface area contributed by atoms with Crippen LogP contribution in [0.15, 0.2) is 60.9 Å². The molecule has 0 radical (unpaired) electrons. The summed E-state index contributed by atoms with van der Waals surface area (Å²) in [7, 11) is 1.95. The van der Waals surface area contributed by atoms with Crippen LogP contribution in [0.3, 0.4) is 0 Å². The van der Waals surface area contributed by atoms with E-state index >= 15 is 0 Å². The summed E-state index contributed by atoms with van der Waals surface area (Å²) in [6.07, 6.45) is 4.68. The van der Waals surface area contributed by atoms with Gasteiger partial charge in [-0.2, -0.15) is 0 Å². The van der Waals surface area contributed by atoms with E-state index in [1.165, 1.54) is 10.8 Å². The standard InChI is InChI=1S/C23H25N3O2/c1-24-10-8-19(16-24)15-23(28)25-11-9-22(27)26(13-12-25)17-18-6-7-20-4-2-3-5-21(20)14-18/h2-8,10,14,16H,9,11-13,15,17H2,1H3. The maximum Gasteiger partial charge on any atom is 0.227 e. The van der Waals surface area contributed by atoms with E-state index in [2.05, 4.69) is 30.3 Å². The van der Waals surface area contributed by atoms with Gasteiger partial charge in [0.1, 0.15) is 0 Å². The van der Waals surface area contributed by atoms with Crippen LogP contribution in [0.1, 0.15) is 17.5 Å². The van der Waals surface area contributed by atoms with E-state index in [4.69, 9.17) is 0 Å². The van der Waals surface area contributed by atoms with E-state index in [9.17, 15) is 9.59 Å². The van der Waals surface area contributed by atoms with Gasteiger partial charge >= 0.3 is 0 Å². The van der Waals surface area contributed by atoms with E-state index in [1.807, 2.05) is 52.0 Å². The van der Waals surface area contributed by atoms with Crippen molar-refractivity contribution < 1.29 is 9.59 Å². The van der Waals surface area contributed by atoms with Gasteiger partial charge in [0.2, 0.25) is 11.8 Å². The molecule has 144 valence electrons. The minimum absolute atomic E-state index is 0.0894. The molecule has 2 amide bonds. The molecule has 1 fully saturated rings. The van der Waals surface area contributed by atoms with Gasteiger partial charge in [-0.15, -0.1) is 0 Å². The molecule has 1 aliphatic heterocycles. The third-order valence-corrected chi connectivity index (χ3v) is 5.38. The summed E-state index contributed by atoms with van der Waals surface area (Å²) in [6, 6.07) is 16.5. The van der Waals surface area contributed by atoms with Crippen LogP contribution in [0.5, 0.6) is 0 Å². The SMILES string of the molecule is Cn1ccc(CC(=O)N2CCC(=O)N(Cc3ccc4ccccc4c3)CC2)c1. The molecule has 4 rings (SSSR count). The Morgan fingerprint density at radius 1 is 0.964 bits per heavy atom. The molecule has 0 saturated carbocycles. The lowest BCUT2D eigenvalue weighted by molar-refractivity contribution is -0.130. The van der Waals surface area contributed by atoms with Crippen LogP contribution in [0.4, 0.5) is 0 Å². The predicted molar refractivity (Wildman–Crippen MR) is 110 cm³/mol. The number of fused-ring (bicyclic) bond motifs is 1. The minimum Gasteiger partial charge on any atom is -0.357 e. The van der Waals surface area contributed by atoms with Crippen molar-refractivity contribution in [1.82, 2.24) is 14.4 Å². The lowest BCUT2D eigenvalue weighted by atomic mass is 10.1. The third-order valence-electron chi connectivity index (χ3n) is 5.38. The zero-order valence-corrected chi connectivity index (χ0v) is 16.2. The normalized spacial score (nSPS) is 15.1. The van der Waals surface area contributed by atoms with Crippen LogP contribution in [0.25, 0.3) is 10.8 Å². The first-order valence-corrected chi connectivity index (χ1v) is 9.72. The molecule has 0 bridgehead atoms. The molecule has 5 heteroatoms. The van der Waals surface area contributed by atoms with Crippen LogP contribution >= 0.6 is 0 Å². The summed E-state index contributed by atoms with van der Waals surface area (Å²) in [5.74, 6) is 0.203.